The zero-order valence-electron chi connectivity index (χ0n) is 18.5. The first-order valence-electron chi connectivity index (χ1n) is 10.9. The number of fused-ring (bicyclic) bond motifs is 1. The number of tetrazole rings is 1. The zero-order valence-corrected chi connectivity index (χ0v) is 18.5. The van der Waals surface area contributed by atoms with Gasteiger partial charge in [-0.25, -0.2) is 4.98 Å². The number of benzene rings is 2. The van der Waals surface area contributed by atoms with Crippen LogP contribution in [0.15, 0.2) is 54.9 Å². The van der Waals surface area contributed by atoms with Crippen LogP contribution in [0.2, 0.25) is 0 Å². The second-order valence-electron chi connectivity index (χ2n) is 8.11. The van der Waals surface area contributed by atoms with Crippen LogP contribution in [0.3, 0.4) is 0 Å². The highest BCUT2D eigenvalue weighted by Crippen LogP contribution is 2.30. The van der Waals surface area contributed by atoms with Gasteiger partial charge in [0, 0.05) is 30.9 Å². The molecule has 0 radical (unpaired) electrons. The van der Waals surface area contributed by atoms with Crippen molar-refractivity contribution in [2.75, 3.05) is 0 Å². The fraction of sp³-hybridized carbons (Fsp3) is 0.240. The highest BCUT2D eigenvalue weighted by atomic mass is 15.5. The van der Waals surface area contributed by atoms with Crippen molar-refractivity contribution in [1.82, 2.24) is 35.2 Å². The predicted octanol–water partition coefficient (Wildman–Crippen LogP) is 4.90. The summed E-state index contributed by atoms with van der Waals surface area (Å²) < 4.78 is 2.38. The van der Waals surface area contributed by atoms with E-state index in [1.54, 1.807) is 12.4 Å². The van der Waals surface area contributed by atoms with Crippen molar-refractivity contribution >= 4 is 11.0 Å². The summed E-state index contributed by atoms with van der Waals surface area (Å²) in [6.45, 7) is 7.31. The molecule has 7 heteroatoms. The third kappa shape index (κ3) is 3.56. The molecule has 0 aliphatic rings. The summed E-state index contributed by atoms with van der Waals surface area (Å²) >= 11 is 0. The van der Waals surface area contributed by atoms with E-state index in [-0.39, 0.29) is 0 Å². The molecule has 5 rings (SSSR count). The lowest BCUT2D eigenvalue weighted by molar-refractivity contribution is 0.721. The number of aryl methyl sites for hydroxylation is 3. The van der Waals surface area contributed by atoms with Crippen LogP contribution in [0.25, 0.3) is 33.5 Å². The fourth-order valence-electron chi connectivity index (χ4n) is 4.24. The molecular weight excluding hydrogens is 398 g/mol. The highest BCUT2D eigenvalue weighted by Gasteiger charge is 2.15. The fourth-order valence-corrected chi connectivity index (χ4v) is 4.24. The number of aromatic amines is 1. The number of rotatable bonds is 6. The first-order valence-corrected chi connectivity index (χ1v) is 10.9. The standard InChI is InChI=1S/C25H25N7/c1-4-5-22-27-23-16(2)6-7-17(3)24(23)32(22)15-18-8-10-19(11-9-18)20-12-13-26-14-21(20)25-28-30-31-29-25/h6-14H,4-5,15H2,1-3H3,(H,28,29,30,31). The summed E-state index contributed by atoms with van der Waals surface area (Å²) in [6.07, 6.45) is 5.60. The van der Waals surface area contributed by atoms with Crippen LogP contribution >= 0.6 is 0 Å². The van der Waals surface area contributed by atoms with Crippen molar-refractivity contribution in [1.29, 1.82) is 0 Å². The lowest BCUT2D eigenvalue weighted by atomic mass is 10.00. The van der Waals surface area contributed by atoms with E-state index in [2.05, 4.69) is 87.3 Å². The van der Waals surface area contributed by atoms with Gasteiger partial charge in [0.05, 0.1) is 11.0 Å². The lowest BCUT2D eigenvalue weighted by Gasteiger charge is -2.12. The average Bonchev–Trinajstić information content (AvgIpc) is 3.47. The van der Waals surface area contributed by atoms with Gasteiger partial charge in [0.15, 0.2) is 0 Å². The maximum Gasteiger partial charge on any atom is 0.206 e. The van der Waals surface area contributed by atoms with Crippen molar-refractivity contribution in [2.24, 2.45) is 0 Å². The van der Waals surface area contributed by atoms with Gasteiger partial charge in [-0.1, -0.05) is 43.3 Å². The largest absolute Gasteiger partial charge is 0.323 e. The molecule has 0 spiro atoms. The normalized spacial score (nSPS) is 11.3. The van der Waals surface area contributed by atoms with Crippen LogP contribution in [0, 0.1) is 13.8 Å². The molecule has 2 aromatic carbocycles. The number of imidazole rings is 1. The number of pyridine rings is 1. The van der Waals surface area contributed by atoms with Crippen molar-refractivity contribution < 1.29 is 0 Å². The minimum absolute atomic E-state index is 0.539. The summed E-state index contributed by atoms with van der Waals surface area (Å²) in [5, 5.41) is 14.4. The van der Waals surface area contributed by atoms with E-state index in [9.17, 15) is 0 Å². The molecular formula is C25H25N7. The molecule has 0 unspecified atom stereocenters. The highest BCUT2D eigenvalue weighted by molar-refractivity contribution is 5.83. The molecule has 3 aromatic heterocycles. The summed E-state index contributed by atoms with van der Waals surface area (Å²) in [5.41, 5.74) is 9.05. The van der Waals surface area contributed by atoms with Gasteiger partial charge in [-0.15, -0.1) is 10.2 Å². The molecule has 0 amide bonds. The number of nitrogens with zero attached hydrogens (tertiary/aromatic N) is 6. The molecule has 0 bridgehead atoms. The lowest BCUT2D eigenvalue weighted by Crippen LogP contribution is -2.06. The molecule has 0 aliphatic carbocycles. The van der Waals surface area contributed by atoms with Crippen LogP contribution in [0.5, 0.6) is 0 Å². The predicted molar refractivity (Wildman–Crippen MR) is 125 cm³/mol. The average molecular weight is 424 g/mol. The van der Waals surface area contributed by atoms with E-state index < -0.39 is 0 Å². The topological polar surface area (TPSA) is 85.2 Å². The van der Waals surface area contributed by atoms with E-state index in [1.165, 1.54) is 22.2 Å². The van der Waals surface area contributed by atoms with Gasteiger partial charge in [-0.05, 0) is 59.4 Å². The molecule has 0 saturated heterocycles. The van der Waals surface area contributed by atoms with Crippen molar-refractivity contribution in [3.8, 4) is 22.5 Å². The van der Waals surface area contributed by atoms with Gasteiger partial charge in [0.1, 0.15) is 5.82 Å². The third-order valence-electron chi connectivity index (χ3n) is 5.86. The van der Waals surface area contributed by atoms with E-state index in [4.69, 9.17) is 4.98 Å². The first kappa shape index (κ1) is 20.1. The van der Waals surface area contributed by atoms with Gasteiger partial charge in [0.2, 0.25) is 5.82 Å². The molecule has 32 heavy (non-hydrogen) atoms. The summed E-state index contributed by atoms with van der Waals surface area (Å²) in [5.74, 6) is 1.69. The van der Waals surface area contributed by atoms with Gasteiger partial charge in [-0.2, -0.15) is 5.21 Å². The van der Waals surface area contributed by atoms with Crippen LogP contribution in [0.4, 0.5) is 0 Å². The summed E-state index contributed by atoms with van der Waals surface area (Å²) in [4.78, 5) is 9.23. The summed E-state index contributed by atoms with van der Waals surface area (Å²) in [6, 6.07) is 15.0. The van der Waals surface area contributed by atoms with E-state index >= 15 is 0 Å². The van der Waals surface area contributed by atoms with E-state index in [0.717, 1.165) is 47.4 Å². The Bertz CT molecular complexity index is 1370. The Balaban J connectivity index is 1.51. The van der Waals surface area contributed by atoms with Gasteiger partial charge in [-0.3, -0.25) is 4.98 Å². The molecule has 160 valence electrons. The SMILES string of the molecule is CCCc1nc2c(C)ccc(C)c2n1Cc1ccc(-c2ccncc2-c2nn[nH]n2)cc1. The quantitative estimate of drug-likeness (QED) is 0.420. The number of hydrogen-bond donors (Lipinski definition) is 1. The first-order chi connectivity index (χ1) is 15.7. The van der Waals surface area contributed by atoms with Crippen LogP contribution < -0.4 is 0 Å². The minimum Gasteiger partial charge on any atom is -0.323 e. The van der Waals surface area contributed by atoms with Crippen molar-refractivity contribution in [3.05, 3.63) is 77.4 Å². The Kier molecular flexibility index (Phi) is 5.23. The Morgan fingerprint density at radius 3 is 2.50 bits per heavy atom. The molecule has 0 saturated carbocycles. The number of hydrogen-bond acceptors (Lipinski definition) is 5. The molecule has 0 aliphatic heterocycles. The third-order valence-corrected chi connectivity index (χ3v) is 5.86. The van der Waals surface area contributed by atoms with Crippen LogP contribution in [-0.2, 0) is 13.0 Å². The second kappa shape index (κ2) is 8.34. The van der Waals surface area contributed by atoms with Crippen molar-refractivity contribution in [3.63, 3.8) is 0 Å². The monoisotopic (exact) mass is 423 g/mol. The van der Waals surface area contributed by atoms with Crippen LogP contribution in [0.1, 0.15) is 35.9 Å². The van der Waals surface area contributed by atoms with E-state index in [0.29, 0.717) is 5.82 Å². The Labute approximate surface area is 186 Å². The second-order valence-corrected chi connectivity index (χ2v) is 8.11. The Morgan fingerprint density at radius 1 is 0.938 bits per heavy atom. The molecule has 7 nitrogen and oxygen atoms in total. The minimum atomic E-state index is 0.539. The smallest absolute Gasteiger partial charge is 0.206 e. The van der Waals surface area contributed by atoms with Gasteiger partial charge < -0.3 is 4.57 Å². The van der Waals surface area contributed by atoms with Gasteiger partial charge in [0.25, 0.3) is 0 Å². The number of aromatic nitrogens is 7. The molecule has 5 aromatic rings. The van der Waals surface area contributed by atoms with Crippen LogP contribution in [-0.4, -0.2) is 35.2 Å². The van der Waals surface area contributed by atoms with Gasteiger partial charge >= 0.3 is 0 Å². The Hall–Kier alpha value is -3.87. The number of nitrogens with one attached hydrogen (secondary N) is 1. The summed E-state index contributed by atoms with van der Waals surface area (Å²) in [7, 11) is 0. The molecule has 0 atom stereocenters. The molecule has 3 heterocycles. The zero-order chi connectivity index (χ0) is 22.1. The van der Waals surface area contributed by atoms with E-state index in [1.807, 2.05) is 6.07 Å². The van der Waals surface area contributed by atoms with Crippen molar-refractivity contribution in [2.45, 2.75) is 40.2 Å². The maximum absolute atomic E-state index is 5.00. The molecule has 1 N–H and O–H groups in total. The Morgan fingerprint density at radius 2 is 1.75 bits per heavy atom. The maximum atomic E-state index is 5.00. The number of H-pyrrole nitrogens is 1. The molecule has 0 fully saturated rings.